The van der Waals surface area contributed by atoms with Crippen molar-refractivity contribution < 1.29 is 17.9 Å². The van der Waals surface area contributed by atoms with E-state index < -0.39 is 11.7 Å². The van der Waals surface area contributed by atoms with Crippen molar-refractivity contribution in [3.05, 3.63) is 33.8 Å². The van der Waals surface area contributed by atoms with Gasteiger partial charge in [-0.15, -0.1) is 0 Å². The van der Waals surface area contributed by atoms with E-state index in [9.17, 15) is 13.2 Å². The van der Waals surface area contributed by atoms with Crippen LogP contribution in [-0.2, 0) is 10.9 Å². The molecular formula is C14H19BrF3NO. The van der Waals surface area contributed by atoms with E-state index in [-0.39, 0.29) is 12.1 Å². The summed E-state index contributed by atoms with van der Waals surface area (Å²) in [7, 11) is 0. The number of halogens is 4. The Morgan fingerprint density at radius 2 is 1.95 bits per heavy atom. The van der Waals surface area contributed by atoms with Crippen LogP contribution in [0.3, 0.4) is 0 Å². The molecule has 2 nitrogen and oxygen atoms in total. The maximum atomic E-state index is 12.8. The molecule has 0 aliphatic carbocycles. The lowest BCUT2D eigenvalue weighted by Crippen LogP contribution is -2.27. The Morgan fingerprint density at radius 3 is 2.45 bits per heavy atom. The molecule has 0 bridgehead atoms. The number of hydrogen-bond acceptors (Lipinski definition) is 2. The molecule has 0 saturated carbocycles. The van der Waals surface area contributed by atoms with Gasteiger partial charge in [0.15, 0.2) is 0 Å². The van der Waals surface area contributed by atoms with Crippen molar-refractivity contribution in [1.29, 1.82) is 0 Å². The van der Waals surface area contributed by atoms with Gasteiger partial charge in [-0.25, -0.2) is 0 Å². The summed E-state index contributed by atoms with van der Waals surface area (Å²) in [6.45, 7) is 6.67. The molecule has 1 aromatic rings. The molecule has 0 heterocycles. The van der Waals surface area contributed by atoms with Gasteiger partial charge in [0.05, 0.1) is 24.3 Å². The fraction of sp³-hybridized carbons (Fsp3) is 0.571. The van der Waals surface area contributed by atoms with Crippen molar-refractivity contribution in [3.8, 4) is 0 Å². The van der Waals surface area contributed by atoms with Crippen LogP contribution in [0.15, 0.2) is 22.7 Å². The molecule has 1 N–H and O–H groups in total. The lowest BCUT2D eigenvalue weighted by Gasteiger charge is -2.22. The SMILES string of the molecule is CCNC(COC(C)C)c1cc(C(F)(F)F)ccc1Br. The molecule has 20 heavy (non-hydrogen) atoms. The van der Waals surface area contributed by atoms with Crippen LogP contribution in [0.4, 0.5) is 13.2 Å². The molecule has 6 heteroatoms. The number of alkyl halides is 3. The van der Waals surface area contributed by atoms with Crippen molar-refractivity contribution in [3.63, 3.8) is 0 Å². The molecule has 1 aromatic carbocycles. The minimum absolute atomic E-state index is 0.0285. The van der Waals surface area contributed by atoms with E-state index in [1.807, 2.05) is 20.8 Å². The highest BCUT2D eigenvalue weighted by atomic mass is 79.9. The second kappa shape index (κ2) is 7.43. The van der Waals surface area contributed by atoms with Crippen molar-refractivity contribution in [2.24, 2.45) is 0 Å². The number of ether oxygens (including phenoxy) is 1. The summed E-state index contributed by atoms with van der Waals surface area (Å²) in [6, 6.07) is 3.39. The lowest BCUT2D eigenvalue weighted by molar-refractivity contribution is -0.137. The Bertz CT molecular complexity index is 435. The highest BCUT2D eigenvalue weighted by Gasteiger charge is 2.31. The molecule has 0 spiro atoms. The number of benzene rings is 1. The molecule has 1 rings (SSSR count). The number of nitrogens with one attached hydrogen (secondary N) is 1. The molecule has 0 amide bonds. The zero-order valence-corrected chi connectivity index (χ0v) is 13.3. The van der Waals surface area contributed by atoms with E-state index in [4.69, 9.17) is 4.74 Å². The van der Waals surface area contributed by atoms with E-state index in [0.717, 1.165) is 6.07 Å². The topological polar surface area (TPSA) is 21.3 Å². The van der Waals surface area contributed by atoms with Crippen LogP contribution in [-0.4, -0.2) is 19.3 Å². The first kappa shape index (κ1) is 17.5. The van der Waals surface area contributed by atoms with Crippen LogP contribution in [0.1, 0.15) is 37.9 Å². The predicted molar refractivity (Wildman–Crippen MR) is 76.6 cm³/mol. The van der Waals surface area contributed by atoms with Crippen LogP contribution in [0.5, 0.6) is 0 Å². The molecule has 1 atom stereocenters. The molecular weight excluding hydrogens is 335 g/mol. The molecule has 114 valence electrons. The number of likely N-dealkylation sites (N-methyl/N-ethyl adjacent to an activating group) is 1. The van der Waals surface area contributed by atoms with Gasteiger partial charge in [0.25, 0.3) is 0 Å². The van der Waals surface area contributed by atoms with Gasteiger partial charge in [-0.05, 0) is 44.2 Å². The van der Waals surface area contributed by atoms with Gasteiger partial charge < -0.3 is 10.1 Å². The van der Waals surface area contributed by atoms with Crippen LogP contribution < -0.4 is 5.32 Å². The van der Waals surface area contributed by atoms with E-state index in [1.165, 1.54) is 12.1 Å². The first-order valence-electron chi connectivity index (χ1n) is 6.47. The first-order valence-corrected chi connectivity index (χ1v) is 7.26. The quantitative estimate of drug-likeness (QED) is 0.810. The Balaban J connectivity index is 3.05. The number of hydrogen-bond donors (Lipinski definition) is 1. The standard InChI is InChI=1S/C14H19BrF3NO/c1-4-19-13(8-20-9(2)3)11-7-10(14(16,17)18)5-6-12(11)15/h5-7,9,13,19H,4,8H2,1-3H3. The third-order valence-corrected chi connectivity index (χ3v) is 3.47. The van der Waals surface area contributed by atoms with Gasteiger partial charge in [0.2, 0.25) is 0 Å². The second-order valence-corrected chi connectivity index (χ2v) is 5.58. The summed E-state index contributed by atoms with van der Waals surface area (Å²) >= 11 is 3.31. The first-order chi connectivity index (χ1) is 9.25. The molecule has 0 aliphatic heterocycles. The maximum absolute atomic E-state index is 12.8. The number of rotatable bonds is 6. The van der Waals surface area contributed by atoms with Crippen molar-refractivity contribution in [2.45, 2.75) is 39.1 Å². The van der Waals surface area contributed by atoms with Crippen LogP contribution in [0.2, 0.25) is 0 Å². The van der Waals surface area contributed by atoms with E-state index in [1.54, 1.807) is 0 Å². The summed E-state index contributed by atoms with van der Waals surface area (Å²) in [5.41, 5.74) is -0.0922. The zero-order chi connectivity index (χ0) is 15.3. The maximum Gasteiger partial charge on any atom is 0.416 e. The van der Waals surface area contributed by atoms with Crippen molar-refractivity contribution in [2.75, 3.05) is 13.2 Å². The van der Waals surface area contributed by atoms with Gasteiger partial charge >= 0.3 is 6.18 Å². The molecule has 0 saturated heterocycles. The van der Waals surface area contributed by atoms with Crippen LogP contribution in [0, 0.1) is 0 Å². The van der Waals surface area contributed by atoms with Gasteiger partial charge in [-0.2, -0.15) is 13.2 Å². The summed E-state index contributed by atoms with van der Waals surface area (Å²) in [4.78, 5) is 0. The Hall–Kier alpha value is -0.590. The summed E-state index contributed by atoms with van der Waals surface area (Å²) in [5.74, 6) is 0. The predicted octanol–water partition coefficient (Wildman–Crippen LogP) is 4.54. The Morgan fingerprint density at radius 1 is 1.30 bits per heavy atom. The minimum atomic E-state index is -4.34. The third kappa shape index (κ3) is 5.07. The fourth-order valence-corrected chi connectivity index (χ4v) is 2.30. The van der Waals surface area contributed by atoms with Crippen molar-refractivity contribution in [1.82, 2.24) is 5.32 Å². The van der Waals surface area contributed by atoms with Crippen LogP contribution in [0.25, 0.3) is 0 Å². The molecule has 0 fully saturated rings. The third-order valence-electron chi connectivity index (χ3n) is 2.75. The average Bonchev–Trinajstić information content (AvgIpc) is 2.33. The van der Waals surface area contributed by atoms with Crippen LogP contribution >= 0.6 is 15.9 Å². The highest BCUT2D eigenvalue weighted by molar-refractivity contribution is 9.10. The molecule has 0 aliphatic rings. The summed E-state index contributed by atoms with van der Waals surface area (Å²) in [6.07, 6.45) is -4.31. The Labute approximate surface area is 125 Å². The van der Waals surface area contributed by atoms with Gasteiger partial charge in [0.1, 0.15) is 0 Å². The normalized spacial score (nSPS) is 13.8. The van der Waals surface area contributed by atoms with Gasteiger partial charge in [-0.3, -0.25) is 0 Å². The van der Waals surface area contributed by atoms with Gasteiger partial charge in [0, 0.05) is 4.47 Å². The van der Waals surface area contributed by atoms with E-state index in [2.05, 4.69) is 21.2 Å². The lowest BCUT2D eigenvalue weighted by atomic mass is 10.0. The van der Waals surface area contributed by atoms with E-state index in [0.29, 0.717) is 23.2 Å². The van der Waals surface area contributed by atoms with Gasteiger partial charge in [-0.1, -0.05) is 22.9 Å². The van der Waals surface area contributed by atoms with E-state index >= 15 is 0 Å². The Kier molecular flexibility index (Phi) is 6.48. The zero-order valence-electron chi connectivity index (χ0n) is 11.7. The monoisotopic (exact) mass is 353 g/mol. The highest BCUT2D eigenvalue weighted by Crippen LogP contribution is 2.34. The second-order valence-electron chi connectivity index (χ2n) is 4.73. The minimum Gasteiger partial charge on any atom is -0.377 e. The molecule has 0 radical (unpaired) electrons. The summed E-state index contributed by atoms with van der Waals surface area (Å²) in [5, 5.41) is 3.15. The fourth-order valence-electron chi connectivity index (χ4n) is 1.78. The average molecular weight is 354 g/mol. The molecule has 1 unspecified atom stereocenters. The smallest absolute Gasteiger partial charge is 0.377 e. The summed E-state index contributed by atoms with van der Waals surface area (Å²) < 4.78 is 44.6. The molecule has 0 aromatic heterocycles. The van der Waals surface area contributed by atoms with Crippen molar-refractivity contribution >= 4 is 15.9 Å². The largest absolute Gasteiger partial charge is 0.416 e.